The van der Waals surface area contributed by atoms with Gasteiger partial charge in [0.2, 0.25) is 5.91 Å². The van der Waals surface area contributed by atoms with E-state index in [9.17, 15) is 10.1 Å². The highest BCUT2D eigenvalue weighted by atomic mass is 35.5. The number of carbonyl (C=O) groups is 1. The number of piperazine rings is 1. The van der Waals surface area contributed by atoms with Gasteiger partial charge < -0.3 is 24.2 Å². The number of aromatic nitrogens is 2. The quantitative estimate of drug-likeness (QED) is 0.340. The molecular formula is C34H38ClN7O3. The van der Waals surface area contributed by atoms with E-state index in [1.54, 1.807) is 4.90 Å². The van der Waals surface area contributed by atoms with Crippen molar-refractivity contribution in [3.8, 4) is 12.1 Å². The number of carbonyl (C=O) groups excluding carboxylic acids is 1. The Morgan fingerprint density at radius 1 is 1.18 bits per heavy atom. The third kappa shape index (κ3) is 5.81. The Morgan fingerprint density at radius 2 is 2.00 bits per heavy atom. The van der Waals surface area contributed by atoms with E-state index in [-0.39, 0.29) is 30.5 Å². The first-order valence-electron chi connectivity index (χ1n) is 15.8. The Balaban J connectivity index is 1.24. The van der Waals surface area contributed by atoms with Gasteiger partial charge in [-0.1, -0.05) is 42.4 Å². The number of likely N-dealkylation sites (N-methyl/N-ethyl adjacent to an activating group) is 1. The Bertz CT molecular complexity index is 1650. The van der Waals surface area contributed by atoms with Gasteiger partial charge in [-0.05, 0) is 49.9 Å². The second-order valence-electron chi connectivity index (χ2n) is 12.4. The van der Waals surface area contributed by atoms with Crippen LogP contribution in [0, 0.1) is 11.3 Å². The van der Waals surface area contributed by atoms with Crippen LogP contribution in [0.2, 0.25) is 5.02 Å². The third-order valence-electron chi connectivity index (χ3n) is 9.66. The Labute approximate surface area is 268 Å². The molecule has 0 N–H and O–H groups in total. The van der Waals surface area contributed by atoms with Crippen molar-refractivity contribution in [2.24, 2.45) is 0 Å². The molecule has 4 heterocycles. The molecule has 0 spiro atoms. The van der Waals surface area contributed by atoms with Crippen LogP contribution < -0.4 is 14.5 Å². The molecule has 3 aliphatic heterocycles. The summed E-state index contributed by atoms with van der Waals surface area (Å²) in [6.07, 6.45) is 4.53. The van der Waals surface area contributed by atoms with Crippen LogP contribution in [0.5, 0.6) is 6.01 Å². The second-order valence-corrected chi connectivity index (χ2v) is 12.8. The number of ether oxygens (including phenoxy) is 2. The number of nitrogens with zero attached hydrogens (tertiary/aromatic N) is 7. The predicted octanol–water partition coefficient (Wildman–Crippen LogP) is 4.20. The maximum absolute atomic E-state index is 12.6. The van der Waals surface area contributed by atoms with Gasteiger partial charge in [0.15, 0.2) is 0 Å². The molecule has 11 heteroatoms. The summed E-state index contributed by atoms with van der Waals surface area (Å²) < 4.78 is 12.5. The fourth-order valence-electron chi connectivity index (χ4n) is 7.09. The number of nitriles is 1. The highest BCUT2D eigenvalue weighted by molar-refractivity contribution is 6.36. The maximum Gasteiger partial charge on any atom is 0.319 e. The molecule has 3 aromatic rings. The first-order chi connectivity index (χ1) is 21.9. The maximum atomic E-state index is 12.6. The minimum Gasteiger partial charge on any atom is -0.456 e. The first kappa shape index (κ1) is 29.8. The van der Waals surface area contributed by atoms with Crippen molar-refractivity contribution in [3.63, 3.8) is 0 Å². The number of hydrogen-bond donors (Lipinski definition) is 0. The molecule has 1 aliphatic carbocycles. The Hall–Kier alpha value is -3.91. The van der Waals surface area contributed by atoms with E-state index in [1.165, 1.54) is 18.9 Å². The lowest BCUT2D eigenvalue weighted by atomic mass is 10.0. The van der Waals surface area contributed by atoms with E-state index in [0.717, 1.165) is 51.5 Å². The summed E-state index contributed by atoms with van der Waals surface area (Å²) in [5.74, 6) is 0.672. The number of amides is 1. The number of anilines is 2. The molecular weight excluding hydrogens is 590 g/mol. The topological polar surface area (TPSA) is 98.1 Å². The second kappa shape index (κ2) is 12.5. The molecule has 1 saturated carbocycles. The van der Waals surface area contributed by atoms with Crippen molar-refractivity contribution < 1.29 is 14.3 Å². The van der Waals surface area contributed by atoms with Gasteiger partial charge in [0.25, 0.3) is 0 Å². The SMILES string of the molecule is C=CC(=O)N1CCN(c2nc(O[C@@H]3COC[C@@H]3N(C)C3CC3)nc3c2CCN(c2cccc4cccc(Cl)c24)C3)CC1CC#N. The molecule has 7 rings (SSSR count). The molecule has 1 aromatic heterocycles. The van der Waals surface area contributed by atoms with Crippen molar-refractivity contribution >= 4 is 39.8 Å². The molecule has 234 valence electrons. The van der Waals surface area contributed by atoms with Crippen molar-refractivity contribution in [1.29, 1.82) is 5.26 Å². The number of fused-ring (bicyclic) bond motifs is 2. The van der Waals surface area contributed by atoms with Crippen molar-refractivity contribution in [3.05, 3.63) is 65.3 Å². The van der Waals surface area contributed by atoms with Crippen LogP contribution in [0.1, 0.15) is 30.5 Å². The summed E-state index contributed by atoms with van der Waals surface area (Å²) in [5, 5.41) is 12.4. The number of hydrogen-bond acceptors (Lipinski definition) is 9. The third-order valence-corrected chi connectivity index (χ3v) is 9.98. The van der Waals surface area contributed by atoms with Gasteiger partial charge in [-0.15, -0.1) is 0 Å². The molecule has 3 atom stereocenters. The summed E-state index contributed by atoms with van der Waals surface area (Å²) in [6.45, 7) is 7.70. The molecule has 2 aromatic carbocycles. The zero-order valence-corrected chi connectivity index (χ0v) is 26.3. The van der Waals surface area contributed by atoms with E-state index >= 15 is 0 Å². The lowest BCUT2D eigenvalue weighted by Crippen LogP contribution is -2.55. The molecule has 10 nitrogen and oxygen atoms in total. The number of halogens is 1. The van der Waals surface area contributed by atoms with Crippen LogP contribution in [0.15, 0.2) is 49.1 Å². The number of rotatable bonds is 8. The van der Waals surface area contributed by atoms with Crippen LogP contribution in [-0.4, -0.2) is 96.3 Å². The van der Waals surface area contributed by atoms with E-state index < -0.39 is 0 Å². The molecule has 0 bridgehead atoms. The van der Waals surface area contributed by atoms with Crippen LogP contribution in [0.3, 0.4) is 0 Å². The minimum atomic E-state index is -0.262. The van der Waals surface area contributed by atoms with Gasteiger partial charge in [0.05, 0.1) is 55.0 Å². The molecule has 0 radical (unpaired) electrons. The molecule has 1 amide bonds. The van der Waals surface area contributed by atoms with E-state index in [0.29, 0.717) is 51.4 Å². The Morgan fingerprint density at radius 3 is 2.78 bits per heavy atom. The van der Waals surface area contributed by atoms with Crippen molar-refractivity contribution in [2.45, 2.75) is 56.5 Å². The van der Waals surface area contributed by atoms with Crippen molar-refractivity contribution in [1.82, 2.24) is 19.8 Å². The standard InChI is InChI=1S/C34H38ClN7O3/c1-3-31(43)42-17-16-41(18-24(42)12-14-36)33-25-13-15-40(28-9-5-7-22-6-4-8-26(35)32(22)28)19-27(25)37-34(38-33)45-30-21-44-20-29(30)39(2)23-10-11-23/h3-9,23-24,29-30H,1,10-13,15-21H2,2H3/t24?,29-,30+/m0/s1. The lowest BCUT2D eigenvalue weighted by Gasteiger charge is -2.42. The van der Waals surface area contributed by atoms with Crippen molar-refractivity contribution in [2.75, 3.05) is 56.2 Å². The van der Waals surface area contributed by atoms with Crippen LogP contribution in [-0.2, 0) is 22.5 Å². The molecule has 3 fully saturated rings. The van der Waals surface area contributed by atoms with Crippen LogP contribution in [0.25, 0.3) is 10.8 Å². The molecule has 2 saturated heterocycles. The van der Waals surface area contributed by atoms with Gasteiger partial charge in [-0.2, -0.15) is 15.2 Å². The zero-order valence-electron chi connectivity index (χ0n) is 25.6. The highest BCUT2D eigenvalue weighted by Crippen LogP contribution is 2.38. The zero-order chi connectivity index (χ0) is 31.1. The molecule has 45 heavy (non-hydrogen) atoms. The summed E-state index contributed by atoms with van der Waals surface area (Å²) >= 11 is 6.73. The average Bonchev–Trinajstić information content (AvgIpc) is 3.82. The van der Waals surface area contributed by atoms with Gasteiger partial charge in [0, 0.05) is 48.9 Å². The van der Waals surface area contributed by atoms with Gasteiger partial charge in [-0.3, -0.25) is 9.69 Å². The number of benzene rings is 2. The van der Waals surface area contributed by atoms with Gasteiger partial charge in [0.1, 0.15) is 11.9 Å². The Kier molecular flexibility index (Phi) is 8.25. The summed E-state index contributed by atoms with van der Waals surface area (Å²) in [6, 6.07) is 15.3. The monoisotopic (exact) mass is 627 g/mol. The van der Waals surface area contributed by atoms with Crippen LogP contribution in [0.4, 0.5) is 11.5 Å². The summed E-state index contributed by atoms with van der Waals surface area (Å²) in [5.41, 5.74) is 3.07. The summed E-state index contributed by atoms with van der Waals surface area (Å²) in [7, 11) is 2.15. The van der Waals surface area contributed by atoms with E-state index in [4.69, 9.17) is 31.0 Å². The largest absolute Gasteiger partial charge is 0.456 e. The van der Waals surface area contributed by atoms with E-state index in [1.807, 2.05) is 12.1 Å². The predicted molar refractivity (Wildman–Crippen MR) is 174 cm³/mol. The normalized spacial score (nSPS) is 23.2. The van der Waals surface area contributed by atoms with Crippen LogP contribution >= 0.6 is 11.6 Å². The average molecular weight is 628 g/mol. The molecule has 4 aliphatic rings. The fourth-order valence-corrected chi connectivity index (χ4v) is 7.37. The fraction of sp³-hybridized carbons (Fsp3) is 0.471. The van der Waals surface area contributed by atoms with Gasteiger partial charge in [-0.25, -0.2) is 0 Å². The minimum absolute atomic E-state index is 0.142. The highest BCUT2D eigenvalue weighted by Gasteiger charge is 2.41. The lowest BCUT2D eigenvalue weighted by molar-refractivity contribution is -0.128. The van der Waals surface area contributed by atoms with Gasteiger partial charge >= 0.3 is 6.01 Å². The summed E-state index contributed by atoms with van der Waals surface area (Å²) in [4.78, 5) is 31.3. The first-order valence-corrected chi connectivity index (χ1v) is 16.2. The molecule has 1 unspecified atom stereocenters. The van der Waals surface area contributed by atoms with E-state index in [2.05, 4.69) is 58.7 Å². The smallest absolute Gasteiger partial charge is 0.319 e.